The summed E-state index contributed by atoms with van der Waals surface area (Å²) in [7, 11) is -4.75. The molecule has 358 valence electrons. The van der Waals surface area contributed by atoms with Crippen molar-refractivity contribution in [3.05, 3.63) is 60.8 Å². The van der Waals surface area contributed by atoms with Gasteiger partial charge in [-0.15, -0.1) is 0 Å². The molecule has 0 aliphatic heterocycles. The average Bonchev–Trinajstić information content (AvgIpc) is 3.25. The van der Waals surface area contributed by atoms with Crippen molar-refractivity contribution in [1.29, 1.82) is 0 Å². The van der Waals surface area contributed by atoms with Crippen LogP contribution < -0.4 is 0 Å². The van der Waals surface area contributed by atoms with E-state index in [1.165, 1.54) is 77.0 Å². The van der Waals surface area contributed by atoms with Crippen LogP contribution in [0, 0.1) is 0 Å². The summed E-state index contributed by atoms with van der Waals surface area (Å²) in [6.45, 7) is 4.36. The second-order valence-electron chi connectivity index (χ2n) is 15.9. The number of phosphoric acid groups is 1. The maximum absolute atomic E-state index is 12.8. The van der Waals surface area contributed by atoms with E-state index in [0.29, 0.717) is 19.3 Å². The number of aliphatic hydroxyl groups excluding tert-OH is 1. The molecule has 0 saturated heterocycles. The van der Waals surface area contributed by atoms with Crippen LogP contribution in [0.2, 0.25) is 0 Å². The molecule has 0 rings (SSSR count). The highest BCUT2D eigenvalue weighted by Crippen LogP contribution is 2.43. The van der Waals surface area contributed by atoms with Crippen LogP contribution in [-0.4, -0.2) is 66.5 Å². The lowest BCUT2D eigenvalue weighted by Crippen LogP contribution is -2.30. The van der Waals surface area contributed by atoms with Crippen molar-refractivity contribution < 1.29 is 52.2 Å². The lowest BCUT2D eigenvalue weighted by Gasteiger charge is -2.21. The fraction of sp³-hybridized carbons (Fsp3) is 0.740. The number of aliphatic hydroxyl groups is 1. The molecule has 0 radical (unpaired) electrons. The van der Waals surface area contributed by atoms with E-state index in [0.717, 1.165) is 64.2 Å². The molecular weight excluding hydrogens is 808 g/mol. The van der Waals surface area contributed by atoms with Crippen LogP contribution in [0.1, 0.15) is 201 Å². The zero-order valence-corrected chi connectivity index (χ0v) is 40.0. The molecule has 11 nitrogen and oxygen atoms in total. The van der Waals surface area contributed by atoms with Gasteiger partial charge < -0.3 is 24.2 Å². The minimum Gasteiger partial charge on any atom is -0.462 e. The summed E-state index contributed by atoms with van der Waals surface area (Å²) in [5.74, 6) is -1.62. The van der Waals surface area contributed by atoms with Gasteiger partial charge in [-0.1, -0.05) is 197 Å². The van der Waals surface area contributed by atoms with E-state index >= 15 is 0 Å². The highest BCUT2D eigenvalue weighted by Gasteiger charge is 2.28. The SMILES string of the molecule is CC/C=C\C/C=C\C/C=C\C/C=C\C/C=C\CC(=O)OC(COC(=O)CCCCCCCCCCCCC)COP(=O)(O)OCC(CO)OC(=O)CCCCCCCCCCC. The van der Waals surface area contributed by atoms with Crippen molar-refractivity contribution in [2.24, 2.45) is 0 Å². The lowest BCUT2D eigenvalue weighted by molar-refractivity contribution is -0.160. The van der Waals surface area contributed by atoms with Gasteiger partial charge in [0.2, 0.25) is 0 Å². The van der Waals surface area contributed by atoms with Gasteiger partial charge in [-0.3, -0.25) is 23.4 Å². The highest BCUT2D eigenvalue weighted by molar-refractivity contribution is 7.47. The summed E-state index contributed by atoms with van der Waals surface area (Å²) in [6.07, 6.45) is 45.2. The molecule has 0 aromatic heterocycles. The molecule has 2 N–H and O–H groups in total. The van der Waals surface area contributed by atoms with E-state index in [9.17, 15) is 28.9 Å². The smallest absolute Gasteiger partial charge is 0.462 e. The number of allylic oxidation sites excluding steroid dienone is 9. The van der Waals surface area contributed by atoms with Gasteiger partial charge in [-0.05, 0) is 44.9 Å². The summed E-state index contributed by atoms with van der Waals surface area (Å²) in [6, 6.07) is 0. The summed E-state index contributed by atoms with van der Waals surface area (Å²) in [5.41, 5.74) is 0. The number of carbonyl (C=O) groups is 3. The maximum Gasteiger partial charge on any atom is 0.472 e. The van der Waals surface area contributed by atoms with Crippen molar-refractivity contribution in [2.75, 3.05) is 26.4 Å². The van der Waals surface area contributed by atoms with E-state index in [1.807, 2.05) is 18.2 Å². The van der Waals surface area contributed by atoms with Crippen molar-refractivity contribution in [3.63, 3.8) is 0 Å². The van der Waals surface area contributed by atoms with Gasteiger partial charge in [0.25, 0.3) is 0 Å². The van der Waals surface area contributed by atoms with Crippen molar-refractivity contribution in [2.45, 2.75) is 213 Å². The third-order valence-electron chi connectivity index (χ3n) is 9.99. The number of carbonyl (C=O) groups excluding carboxylic acids is 3. The van der Waals surface area contributed by atoms with E-state index in [-0.39, 0.29) is 25.9 Å². The molecule has 0 aromatic carbocycles. The van der Waals surface area contributed by atoms with Crippen LogP contribution in [0.3, 0.4) is 0 Å². The summed E-state index contributed by atoms with van der Waals surface area (Å²) >= 11 is 0. The first-order valence-electron chi connectivity index (χ1n) is 24.2. The van der Waals surface area contributed by atoms with Crippen LogP contribution in [0.25, 0.3) is 0 Å². The number of esters is 3. The predicted octanol–water partition coefficient (Wildman–Crippen LogP) is 13.2. The molecule has 0 bridgehead atoms. The molecular formula is C50H87O11P. The molecule has 0 spiro atoms. The highest BCUT2D eigenvalue weighted by atomic mass is 31.2. The number of unbranched alkanes of at least 4 members (excludes halogenated alkanes) is 18. The second-order valence-corrected chi connectivity index (χ2v) is 17.4. The normalized spacial score (nSPS) is 14.1. The zero-order chi connectivity index (χ0) is 45.6. The van der Waals surface area contributed by atoms with Gasteiger partial charge in [0.15, 0.2) is 6.10 Å². The molecule has 3 atom stereocenters. The van der Waals surface area contributed by atoms with Crippen LogP contribution in [-0.2, 0) is 42.2 Å². The van der Waals surface area contributed by atoms with E-state index < -0.39 is 57.8 Å². The van der Waals surface area contributed by atoms with Crippen LogP contribution in [0.4, 0.5) is 0 Å². The third-order valence-corrected chi connectivity index (χ3v) is 10.9. The monoisotopic (exact) mass is 895 g/mol. The van der Waals surface area contributed by atoms with Crippen LogP contribution >= 0.6 is 7.82 Å². The van der Waals surface area contributed by atoms with Crippen LogP contribution in [0.5, 0.6) is 0 Å². The van der Waals surface area contributed by atoms with Crippen molar-refractivity contribution in [1.82, 2.24) is 0 Å². The first-order chi connectivity index (χ1) is 30.2. The van der Waals surface area contributed by atoms with Gasteiger partial charge in [0.1, 0.15) is 12.7 Å². The Bertz CT molecular complexity index is 1280. The Morgan fingerprint density at radius 2 is 0.839 bits per heavy atom. The largest absolute Gasteiger partial charge is 0.472 e. The Kier molecular flexibility index (Phi) is 42.7. The van der Waals surface area contributed by atoms with E-state index in [2.05, 4.69) is 57.2 Å². The Labute approximate surface area is 376 Å². The fourth-order valence-electron chi connectivity index (χ4n) is 6.31. The zero-order valence-electron chi connectivity index (χ0n) is 39.1. The molecule has 0 aliphatic carbocycles. The average molecular weight is 895 g/mol. The van der Waals surface area contributed by atoms with Crippen LogP contribution in [0.15, 0.2) is 60.8 Å². The summed E-state index contributed by atoms with van der Waals surface area (Å²) < 4.78 is 39.0. The number of rotatable bonds is 44. The second kappa shape index (κ2) is 44.8. The number of phosphoric ester groups is 1. The topological polar surface area (TPSA) is 155 Å². The Morgan fingerprint density at radius 1 is 0.468 bits per heavy atom. The minimum atomic E-state index is -4.75. The van der Waals surface area contributed by atoms with E-state index in [4.69, 9.17) is 23.3 Å². The number of hydrogen-bond acceptors (Lipinski definition) is 10. The molecule has 0 aromatic rings. The maximum atomic E-state index is 12.8. The summed E-state index contributed by atoms with van der Waals surface area (Å²) in [4.78, 5) is 48.0. The Hall–Kier alpha value is -2.82. The Balaban J connectivity index is 4.89. The van der Waals surface area contributed by atoms with Crippen molar-refractivity contribution in [3.8, 4) is 0 Å². The fourth-order valence-corrected chi connectivity index (χ4v) is 7.10. The standard InChI is InChI=1S/C50H87O11P/c1-4-7-10-13-16-19-21-22-23-24-26-29-32-35-38-41-50(54)61-47(43-57-48(52)39-36-33-30-28-25-20-17-14-11-8-5-2)45-59-62(55,56)58-44-46(42-51)60-49(53)40-37-34-31-27-18-15-12-9-6-3/h7,10,16,19,22-23,26,29,35,38,46-47,51H,4-6,8-9,11-15,17-18,20-21,24-25,27-28,30-34,36-37,39-45H2,1-3H3,(H,55,56)/b10-7-,19-16-,23-22-,29-26-,38-35-. The molecule has 0 amide bonds. The third kappa shape index (κ3) is 42.5. The molecule has 0 heterocycles. The molecule has 62 heavy (non-hydrogen) atoms. The predicted molar refractivity (Wildman–Crippen MR) is 252 cm³/mol. The van der Waals surface area contributed by atoms with Gasteiger partial charge in [0.05, 0.1) is 26.2 Å². The molecule has 0 fully saturated rings. The van der Waals surface area contributed by atoms with E-state index in [1.54, 1.807) is 6.08 Å². The Morgan fingerprint density at radius 3 is 1.27 bits per heavy atom. The number of ether oxygens (including phenoxy) is 3. The minimum absolute atomic E-state index is 0.0629. The first-order valence-corrected chi connectivity index (χ1v) is 25.7. The molecule has 3 unspecified atom stereocenters. The first kappa shape index (κ1) is 59.2. The molecule has 12 heteroatoms. The van der Waals surface area contributed by atoms with Gasteiger partial charge in [0, 0.05) is 12.8 Å². The molecule has 0 saturated carbocycles. The van der Waals surface area contributed by atoms with Crippen molar-refractivity contribution >= 4 is 25.7 Å². The van der Waals surface area contributed by atoms with Gasteiger partial charge >= 0.3 is 25.7 Å². The molecule has 0 aliphatic rings. The quantitative estimate of drug-likeness (QED) is 0.0197. The van der Waals surface area contributed by atoms with Gasteiger partial charge in [-0.25, -0.2) is 4.57 Å². The lowest BCUT2D eigenvalue weighted by atomic mass is 10.1. The summed E-state index contributed by atoms with van der Waals surface area (Å²) in [5, 5.41) is 9.71. The van der Waals surface area contributed by atoms with Gasteiger partial charge in [-0.2, -0.15) is 0 Å². The number of hydrogen-bond donors (Lipinski definition) is 2.